The molecule has 0 aromatic heterocycles. The van der Waals surface area contributed by atoms with Crippen molar-refractivity contribution in [3.8, 4) is 0 Å². The molecule has 0 heterocycles. The molecule has 0 radical (unpaired) electrons. The highest BCUT2D eigenvalue weighted by Crippen LogP contribution is 2.13. The van der Waals surface area contributed by atoms with Crippen LogP contribution in [0, 0.1) is 0 Å². The molecule has 0 aromatic carbocycles. The molecule has 0 saturated carbocycles. The second kappa shape index (κ2) is 15.9. The van der Waals surface area contributed by atoms with E-state index in [4.69, 9.17) is 5.11 Å². The second-order valence-corrected chi connectivity index (χ2v) is 9.20. The maximum atomic E-state index is 11.6. The third-order valence-electron chi connectivity index (χ3n) is 4.44. The van der Waals surface area contributed by atoms with Crippen molar-refractivity contribution >= 4 is 15.8 Å². The zero-order valence-corrected chi connectivity index (χ0v) is 16.4. The maximum absolute atomic E-state index is 11.6. The molecular weight excluding hydrogens is 324 g/mol. The van der Waals surface area contributed by atoms with Crippen molar-refractivity contribution in [3.05, 3.63) is 0 Å². The average molecular weight is 363 g/mol. The first-order valence-corrected chi connectivity index (χ1v) is 11.7. The highest BCUT2D eigenvalue weighted by Gasteiger charge is 2.12. The second-order valence-electron chi connectivity index (χ2n) is 6.89. The zero-order valence-electron chi connectivity index (χ0n) is 15.6. The summed E-state index contributed by atoms with van der Waals surface area (Å²) in [4.78, 5) is 10.4. The lowest BCUT2D eigenvalue weighted by atomic mass is 10.0. The number of aliphatic carboxylic acids is 1. The lowest BCUT2D eigenvalue weighted by molar-refractivity contribution is -0.136. The molecule has 24 heavy (non-hydrogen) atoms. The van der Waals surface area contributed by atoms with Gasteiger partial charge < -0.3 is 5.11 Å². The van der Waals surface area contributed by atoms with E-state index in [1.807, 2.05) is 0 Å². The quantitative estimate of drug-likeness (QED) is 0.333. The van der Waals surface area contributed by atoms with E-state index in [1.165, 1.54) is 70.6 Å². The van der Waals surface area contributed by atoms with Crippen LogP contribution in [0.4, 0.5) is 0 Å². The maximum Gasteiger partial charge on any atom is 0.304 e. The minimum Gasteiger partial charge on any atom is -0.481 e. The van der Waals surface area contributed by atoms with Crippen molar-refractivity contribution in [2.45, 2.75) is 103 Å². The molecule has 0 aliphatic carbocycles. The summed E-state index contributed by atoms with van der Waals surface area (Å²) >= 11 is 0. The smallest absolute Gasteiger partial charge is 0.304 e. The van der Waals surface area contributed by atoms with Crippen molar-refractivity contribution in [2.75, 3.05) is 11.5 Å². The van der Waals surface area contributed by atoms with Crippen LogP contribution in [0.2, 0.25) is 0 Å². The number of rotatable bonds is 18. The van der Waals surface area contributed by atoms with E-state index >= 15 is 0 Å². The van der Waals surface area contributed by atoms with Crippen molar-refractivity contribution in [3.63, 3.8) is 0 Å². The third-order valence-corrected chi connectivity index (χ3v) is 6.17. The van der Waals surface area contributed by atoms with E-state index in [2.05, 4.69) is 6.92 Å². The van der Waals surface area contributed by atoms with Gasteiger partial charge in [-0.15, -0.1) is 0 Å². The van der Waals surface area contributed by atoms with Crippen LogP contribution in [0.25, 0.3) is 0 Å². The Hall–Kier alpha value is -0.580. The molecule has 4 nitrogen and oxygen atoms in total. The Bertz CT molecular complexity index is 390. The molecule has 0 bridgehead atoms. The van der Waals surface area contributed by atoms with Gasteiger partial charge in [0.15, 0.2) is 9.84 Å². The van der Waals surface area contributed by atoms with Crippen molar-refractivity contribution in [2.24, 2.45) is 0 Å². The predicted octanol–water partition coefficient (Wildman–Crippen LogP) is 5.36. The highest BCUT2D eigenvalue weighted by molar-refractivity contribution is 7.91. The summed E-state index contributed by atoms with van der Waals surface area (Å²) < 4.78 is 23.2. The molecule has 0 aromatic rings. The van der Waals surface area contributed by atoms with E-state index in [-0.39, 0.29) is 17.9 Å². The van der Waals surface area contributed by atoms with Gasteiger partial charge in [-0.1, -0.05) is 90.4 Å². The number of carboxylic acid groups (broad SMARTS) is 1. The average Bonchev–Trinajstić information content (AvgIpc) is 2.53. The molecule has 0 atom stereocenters. The fourth-order valence-electron chi connectivity index (χ4n) is 2.86. The van der Waals surface area contributed by atoms with E-state index in [1.54, 1.807) is 0 Å². The molecule has 1 N–H and O–H groups in total. The Morgan fingerprint density at radius 2 is 1.04 bits per heavy atom. The van der Waals surface area contributed by atoms with E-state index < -0.39 is 15.8 Å². The SMILES string of the molecule is CCCCCCCCCCCCCCCCS(=O)(=O)CCC(=O)O. The first-order chi connectivity index (χ1) is 11.5. The summed E-state index contributed by atoms with van der Waals surface area (Å²) in [6, 6.07) is 0. The molecular formula is C19H38O4S. The Labute approximate surface area is 149 Å². The van der Waals surface area contributed by atoms with Crippen LogP contribution in [0.15, 0.2) is 0 Å². The summed E-state index contributed by atoms with van der Waals surface area (Å²) in [6.45, 7) is 2.25. The first kappa shape index (κ1) is 23.4. The Balaban J connectivity index is 3.26. The van der Waals surface area contributed by atoms with Gasteiger partial charge in [0.25, 0.3) is 0 Å². The predicted molar refractivity (Wildman–Crippen MR) is 101 cm³/mol. The van der Waals surface area contributed by atoms with E-state index in [0.717, 1.165) is 12.8 Å². The Morgan fingerprint density at radius 3 is 1.42 bits per heavy atom. The van der Waals surface area contributed by atoms with Gasteiger partial charge in [0, 0.05) is 0 Å². The zero-order chi connectivity index (χ0) is 18.1. The van der Waals surface area contributed by atoms with Crippen molar-refractivity contribution in [1.29, 1.82) is 0 Å². The summed E-state index contributed by atoms with van der Waals surface area (Å²) in [5.41, 5.74) is 0. The molecule has 144 valence electrons. The number of carbonyl (C=O) groups is 1. The van der Waals surface area contributed by atoms with Crippen LogP contribution in [-0.4, -0.2) is 31.0 Å². The fourth-order valence-corrected chi connectivity index (χ4v) is 4.20. The number of sulfone groups is 1. The van der Waals surface area contributed by atoms with Gasteiger partial charge in [0.1, 0.15) is 0 Å². The number of hydrogen-bond acceptors (Lipinski definition) is 3. The normalized spacial score (nSPS) is 11.7. The van der Waals surface area contributed by atoms with Gasteiger partial charge in [-0.2, -0.15) is 0 Å². The van der Waals surface area contributed by atoms with Crippen LogP contribution >= 0.6 is 0 Å². The summed E-state index contributed by atoms with van der Waals surface area (Å²) in [6.07, 6.45) is 17.1. The first-order valence-electron chi connectivity index (χ1n) is 9.90. The molecule has 0 fully saturated rings. The molecule has 0 amide bonds. The highest BCUT2D eigenvalue weighted by atomic mass is 32.2. The molecule has 0 rings (SSSR count). The van der Waals surface area contributed by atoms with Crippen LogP contribution in [0.5, 0.6) is 0 Å². The topological polar surface area (TPSA) is 71.4 Å². The minimum absolute atomic E-state index is 0.137. The van der Waals surface area contributed by atoms with Crippen LogP contribution in [0.1, 0.15) is 103 Å². The minimum atomic E-state index is -3.17. The van der Waals surface area contributed by atoms with Gasteiger partial charge >= 0.3 is 5.97 Å². The summed E-state index contributed by atoms with van der Waals surface area (Å²) in [5.74, 6) is -1.13. The van der Waals surface area contributed by atoms with Crippen LogP contribution in [0.3, 0.4) is 0 Å². The van der Waals surface area contributed by atoms with Gasteiger partial charge in [0.05, 0.1) is 17.9 Å². The molecule has 0 aliphatic heterocycles. The fraction of sp³-hybridized carbons (Fsp3) is 0.947. The van der Waals surface area contributed by atoms with Gasteiger partial charge in [-0.25, -0.2) is 8.42 Å². The van der Waals surface area contributed by atoms with Crippen LogP contribution in [-0.2, 0) is 14.6 Å². The monoisotopic (exact) mass is 362 g/mol. The number of carboxylic acids is 1. The van der Waals surface area contributed by atoms with Gasteiger partial charge in [0.2, 0.25) is 0 Å². The standard InChI is InChI=1S/C19H38O4S/c1-2-3-4-5-6-7-8-9-10-11-12-13-14-15-17-24(22,23)18-16-19(20)21/h2-18H2,1H3,(H,20,21). The molecule has 0 unspecified atom stereocenters. The van der Waals surface area contributed by atoms with Gasteiger partial charge in [-0.3, -0.25) is 4.79 Å². The number of hydrogen-bond donors (Lipinski definition) is 1. The van der Waals surface area contributed by atoms with Crippen molar-refractivity contribution < 1.29 is 18.3 Å². The summed E-state index contributed by atoms with van der Waals surface area (Å²) in [7, 11) is -3.17. The molecule has 0 spiro atoms. The molecule has 0 saturated heterocycles. The van der Waals surface area contributed by atoms with Crippen LogP contribution < -0.4 is 0 Å². The molecule has 0 aliphatic rings. The van der Waals surface area contributed by atoms with E-state index in [0.29, 0.717) is 6.42 Å². The summed E-state index contributed by atoms with van der Waals surface area (Å²) in [5, 5.41) is 8.51. The Morgan fingerprint density at radius 1 is 0.667 bits per heavy atom. The van der Waals surface area contributed by atoms with Crippen molar-refractivity contribution in [1.82, 2.24) is 0 Å². The number of unbranched alkanes of at least 4 members (excludes halogenated alkanes) is 13. The van der Waals surface area contributed by atoms with Gasteiger partial charge in [-0.05, 0) is 6.42 Å². The third kappa shape index (κ3) is 17.8. The van der Waals surface area contributed by atoms with E-state index in [9.17, 15) is 13.2 Å². The lowest BCUT2D eigenvalue weighted by Gasteiger charge is -2.04. The lowest BCUT2D eigenvalue weighted by Crippen LogP contribution is -2.14. The molecule has 5 heteroatoms. The Kier molecular flexibility index (Phi) is 15.5. The largest absolute Gasteiger partial charge is 0.481 e.